The van der Waals surface area contributed by atoms with Crippen molar-refractivity contribution in [2.24, 2.45) is 0 Å². The smallest absolute Gasteiger partial charge is 0.241 e. The first-order chi connectivity index (χ1) is 2.56. The molecule has 0 aliphatic carbocycles. The molecule has 3 nitrogen and oxygen atoms in total. The molecular weight excluding hydrogens is 153 g/mol. The van der Waals surface area contributed by atoms with Crippen molar-refractivity contribution in [3.63, 3.8) is 0 Å². The van der Waals surface area contributed by atoms with Crippen LogP contribution in [0.15, 0.2) is 0 Å². The zero-order valence-corrected chi connectivity index (χ0v) is 6.39. The monoisotopic (exact) mass is 161 g/mol. The quantitative estimate of drug-likeness (QED) is 0.494. The molecule has 0 radical (unpaired) electrons. The Morgan fingerprint density at radius 3 is 1.71 bits per heavy atom. The van der Waals surface area contributed by atoms with Gasteiger partial charge in [0.05, 0.1) is 0 Å². The molecule has 0 bridgehead atoms. The first-order valence-electron chi connectivity index (χ1n) is 1.17. The highest BCUT2D eigenvalue weighted by atomic mass is 32.9. The Morgan fingerprint density at radius 2 is 1.71 bits per heavy atom. The van der Waals surface area contributed by atoms with Gasteiger partial charge in [0, 0.05) is 0 Å². The summed E-state index contributed by atoms with van der Waals surface area (Å²) >= 11 is 5.09. The van der Waals surface area contributed by atoms with Crippen LogP contribution in [0.5, 0.6) is 0 Å². The van der Waals surface area contributed by atoms with Gasteiger partial charge in [0.2, 0.25) is 5.69 Å². The van der Waals surface area contributed by atoms with E-state index in [1.807, 2.05) is 0 Å². The Balaban J connectivity index is 0. The van der Waals surface area contributed by atoms with E-state index in [2.05, 4.69) is 11.8 Å². The lowest BCUT2D eigenvalue weighted by Gasteiger charge is -1.97. The summed E-state index contributed by atoms with van der Waals surface area (Å²) in [5, 5.41) is 0. The number of hydrogen-bond acceptors (Lipinski definition) is 3. The maximum absolute atomic E-state index is 8.27. The SMILES string of the molecule is CSP(O)(O)=S.N. The zero-order valence-electron chi connectivity index (χ0n) is 3.87. The predicted molar refractivity (Wildman–Crippen MR) is 37.3 cm³/mol. The fourth-order valence-electron chi connectivity index (χ4n) is 0. The molecule has 46 valence electrons. The van der Waals surface area contributed by atoms with Crippen molar-refractivity contribution in [3.05, 3.63) is 0 Å². The van der Waals surface area contributed by atoms with Gasteiger partial charge in [0.25, 0.3) is 0 Å². The first kappa shape index (κ1) is 10.8. The van der Waals surface area contributed by atoms with E-state index in [0.717, 1.165) is 11.4 Å². The second-order valence-electron chi connectivity index (χ2n) is 0.673. The summed E-state index contributed by atoms with van der Waals surface area (Å²) < 4.78 is 0. The van der Waals surface area contributed by atoms with Crippen LogP contribution in [-0.4, -0.2) is 16.0 Å². The van der Waals surface area contributed by atoms with Crippen LogP contribution in [-0.2, 0) is 11.8 Å². The van der Waals surface area contributed by atoms with Gasteiger partial charge in [0.1, 0.15) is 0 Å². The molecule has 0 rings (SSSR count). The molecule has 7 heavy (non-hydrogen) atoms. The Kier molecular flexibility index (Phi) is 5.90. The van der Waals surface area contributed by atoms with Crippen molar-refractivity contribution in [2.45, 2.75) is 0 Å². The highest BCUT2D eigenvalue weighted by Crippen LogP contribution is 2.48. The Hall–Kier alpha value is 0.880. The van der Waals surface area contributed by atoms with Crippen LogP contribution in [0.3, 0.4) is 0 Å². The second kappa shape index (κ2) is 3.83. The minimum Gasteiger partial charge on any atom is -0.344 e. The third-order valence-corrected chi connectivity index (χ3v) is 3.48. The van der Waals surface area contributed by atoms with Gasteiger partial charge in [-0.2, -0.15) is 0 Å². The topological polar surface area (TPSA) is 75.5 Å². The van der Waals surface area contributed by atoms with Crippen molar-refractivity contribution in [1.82, 2.24) is 6.15 Å². The lowest BCUT2D eigenvalue weighted by molar-refractivity contribution is 0.502. The highest BCUT2D eigenvalue weighted by molar-refractivity contribution is 8.67. The molecule has 0 aromatic heterocycles. The van der Waals surface area contributed by atoms with Crippen LogP contribution in [0.2, 0.25) is 0 Å². The first-order valence-corrected chi connectivity index (χ1v) is 5.71. The third kappa shape index (κ3) is 10.9. The fourth-order valence-corrected chi connectivity index (χ4v) is 0. The summed E-state index contributed by atoms with van der Waals surface area (Å²) in [5.74, 6) is 0. The summed E-state index contributed by atoms with van der Waals surface area (Å²) in [6.07, 6.45) is 1.57. The summed E-state index contributed by atoms with van der Waals surface area (Å²) in [4.78, 5) is 16.5. The molecule has 0 aromatic rings. The van der Waals surface area contributed by atoms with Gasteiger partial charge in [-0.1, -0.05) is 11.4 Å². The Morgan fingerprint density at radius 1 is 1.57 bits per heavy atom. The van der Waals surface area contributed by atoms with Gasteiger partial charge < -0.3 is 15.9 Å². The fraction of sp³-hybridized carbons (Fsp3) is 1.00. The summed E-state index contributed by atoms with van der Waals surface area (Å²) in [6.45, 7) is 0. The van der Waals surface area contributed by atoms with E-state index < -0.39 is 5.69 Å². The molecule has 0 amide bonds. The van der Waals surface area contributed by atoms with Crippen LogP contribution >= 0.6 is 17.1 Å². The molecular formula is CH8NO2PS2. The molecule has 0 heterocycles. The minimum atomic E-state index is -2.90. The van der Waals surface area contributed by atoms with E-state index in [-0.39, 0.29) is 6.15 Å². The lowest BCUT2D eigenvalue weighted by atomic mass is 12.0. The van der Waals surface area contributed by atoms with E-state index in [1.165, 1.54) is 0 Å². The average Bonchev–Trinajstić information content (AvgIpc) is 1.35. The number of rotatable bonds is 1. The second-order valence-corrected chi connectivity index (χ2v) is 6.86. The standard InChI is InChI=1S/CH5O2PS2.H3N/c1-6-4(2,3)5;/h1H3,(H2,2,3,5);1H3. The van der Waals surface area contributed by atoms with Crippen LogP contribution < -0.4 is 6.15 Å². The maximum Gasteiger partial charge on any atom is 0.241 e. The average molecular weight is 161 g/mol. The van der Waals surface area contributed by atoms with E-state index in [0.29, 0.717) is 0 Å². The van der Waals surface area contributed by atoms with Crippen molar-refractivity contribution in [1.29, 1.82) is 0 Å². The summed E-state index contributed by atoms with van der Waals surface area (Å²) in [7, 11) is 0. The van der Waals surface area contributed by atoms with E-state index >= 15 is 0 Å². The van der Waals surface area contributed by atoms with Gasteiger partial charge in [-0.3, -0.25) is 0 Å². The Labute approximate surface area is 51.6 Å². The van der Waals surface area contributed by atoms with Crippen LogP contribution in [0.4, 0.5) is 0 Å². The molecule has 0 aliphatic heterocycles. The van der Waals surface area contributed by atoms with Crippen LogP contribution in [0, 0.1) is 0 Å². The largest absolute Gasteiger partial charge is 0.344 e. The van der Waals surface area contributed by atoms with Gasteiger partial charge in [-0.15, -0.1) is 0 Å². The van der Waals surface area contributed by atoms with Crippen molar-refractivity contribution >= 4 is 28.9 Å². The lowest BCUT2D eigenvalue weighted by Crippen LogP contribution is -1.61. The van der Waals surface area contributed by atoms with Crippen LogP contribution in [0.1, 0.15) is 0 Å². The highest BCUT2D eigenvalue weighted by Gasteiger charge is 1.99. The normalized spacial score (nSPS) is 10.1. The molecule has 0 spiro atoms. The van der Waals surface area contributed by atoms with Crippen molar-refractivity contribution in [3.8, 4) is 0 Å². The van der Waals surface area contributed by atoms with Gasteiger partial charge in [-0.25, -0.2) is 0 Å². The number of hydrogen-bond donors (Lipinski definition) is 3. The maximum atomic E-state index is 8.27. The molecule has 0 atom stereocenters. The molecule has 0 unspecified atom stereocenters. The molecule has 0 aromatic carbocycles. The van der Waals surface area contributed by atoms with E-state index in [1.54, 1.807) is 6.26 Å². The minimum absolute atomic E-state index is 0. The third-order valence-electron chi connectivity index (χ3n) is 0.238. The summed E-state index contributed by atoms with van der Waals surface area (Å²) in [5.41, 5.74) is -2.90. The molecule has 0 saturated heterocycles. The summed E-state index contributed by atoms with van der Waals surface area (Å²) in [6, 6.07) is 0. The van der Waals surface area contributed by atoms with Crippen LogP contribution in [0.25, 0.3) is 0 Å². The molecule has 5 N–H and O–H groups in total. The van der Waals surface area contributed by atoms with Gasteiger partial charge in [0.15, 0.2) is 0 Å². The molecule has 0 fully saturated rings. The zero-order chi connectivity index (χ0) is 5.21. The Bertz CT molecular complexity index is 79.8. The van der Waals surface area contributed by atoms with Crippen molar-refractivity contribution in [2.75, 3.05) is 6.26 Å². The molecule has 6 heteroatoms. The van der Waals surface area contributed by atoms with E-state index in [4.69, 9.17) is 9.79 Å². The predicted octanol–water partition coefficient (Wildman–Crippen LogP) is 0.720. The van der Waals surface area contributed by atoms with E-state index in [9.17, 15) is 0 Å². The molecule has 0 saturated carbocycles. The van der Waals surface area contributed by atoms with Crippen molar-refractivity contribution < 1.29 is 9.79 Å². The van der Waals surface area contributed by atoms with Gasteiger partial charge >= 0.3 is 0 Å². The molecule has 0 aliphatic rings. The van der Waals surface area contributed by atoms with Gasteiger partial charge in [-0.05, 0) is 18.1 Å².